The molecule has 2 aromatic rings. The molecule has 27 heavy (non-hydrogen) atoms. The minimum Gasteiger partial charge on any atom is -0.457 e. The van der Waals surface area contributed by atoms with Crippen molar-refractivity contribution in [1.29, 1.82) is 0 Å². The SMILES string of the molecule is CC(C)N(C(C)C)C1CN(C(=O)Nc2cccc(Oc3ccccc3)c2)C1. The van der Waals surface area contributed by atoms with Gasteiger partial charge in [-0.15, -0.1) is 0 Å². The van der Waals surface area contributed by atoms with Crippen molar-refractivity contribution in [3.8, 4) is 11.5 Å². The molecule has 2 aromatic carbocycles. The monoisotopic (exact) mass is 367 g/mol. The number of hydrogen-bond donors (Lipinski definition) is 1. The Kier molecular flexibility index (Phi) is 6.01. The van der Waals surface area contributed by atoms with Gasteiger partial charge in [0.15, 0.2) is 0 Å². The molecule has 1 fully saturated rings. The summed E-state index contributed by atoms with van der Waals surface area (Å²) in [5.74, 6) is 1.47. The van der Waals surface area contributed by atoms with Crippen molar-refractivity contribution < 1.29 is 9.53 Å². The van der Waals surface area contributed by atoms with Crippen LogP contribution in [0.15, 0.2) is 54.6 Å². The first-order valence-corrected chi connectivity index (χ1v) is 9.60. The molecular weight excluding hydrogens is 338 g/mol. The van der Waals surface area contributed by atoms with E-state index in [4.69, 9.17) is 4.74 Å². The van der Waals surface area contributed by atoms with Gasteiger partial charge >= 0.3 is 6.03 Å². The number of nitrogens with zero attached hydrogens (tertiary/aromatic N) is 2. The van der Waals surface area contributed by atoms with Crippen LogP contribution in [0.25, 0.3) is 0 Å². The van der Waals surface area contributed by atoms with Crippen LogP contribution in [-0.4, -0.2) is 47.0 Å². The first-order valence-electron chi connectivity index (χ1n) is 9.60. The van der Waals surface area contributed by atoms with E-state index in [1.807, 2.05) is 59.5 Å². The van der Waals surface area contributed by atoms with E-state index in [1.54, 1.807) is 0 Å². The minimum atomic E-state index is -0.0597. The van der Waals surface area contributed by atoms with Crippen LogP contribution in [-0.2, 0) is 0 Å². The van der Waals surface area contributed by atoms with Gasteiger partial charge in [-0.2, -0.15) is 0 Å². The zero-order valence-corrected chi connectivity index (χ0v) is 16.6. The fourth-order valence-electron chi connectivity index (χ4n) is 3.71. The highest BCUT2D eigenvalue weighted by Gasteiger charge is 2.36. The highest BCUT2D eigenvalue weighted by Crippen LogP contribution is 2.25. The van der Waals surface area contributed by atoms with E-state index >= 15 is 0 Å². The molecule has 3 rings (SSSR count). The van der Waals surface area contributed by atoms with Crippen molar-refractivity contribution in [3.05, 3.63) is 54.6 Å². The number of benzene rings is 2. The van der Waals surface area contributed by atoms with Crippen LogP contribution in [0.4, 0.5) is 10.5 Å². The Labute approximate surface area is 161 Å². The van der Waals surface area contributed by atoms with Gasteiger partial charge in [0.2, 0.25) is 0 Å². The molecule has 0 saturated carbocycles. The van der Waals surface area contributed by atoms with Crippen LogP contribution in [0.1, 0.15) is 27.7 Å². The zero-order valence-electron chi connectivity index (χ0n) is 16.6. The molecule has 1 aliphatic heterocycles. The molecule has 0 radical (unpaired) electrons. The number of urea groups is 1. The van der Waals surface area contributed by atoms with Crippen LogP contribution in [0.2, 0.25) is 0 Å². The highest BCUT2D eigenvalue weighted by atomic mass is 16.5. The number of nitrogens with one attached hydrogen (secondary N) is 1. The maximum Gasteiger partial charge on any atom is 0.321 e. The largest absolute Gasteiger partial charge is 0.457 e. The van der Waals surface area contributed by atoms with Gasteiger partial charge in [-0.05, 0) is 52.0 Å². The molecule has 1 saturated heterocycles. The summed E-state index contributed by atoms with van der Waals surface area (Å²) in [5, 5.41) is 2.98. The zero-order chi connectivity index (χ0) is 19.4. The van der Waals surface area contributed by atoms with Crippen molar-refractivity contribution in [3.63, 3.8) is 0 Å². The third kappa shape index (κ3) is 4.80. The lowest BCUT2D eigenvalue weighted by molar-refractivity contribution is 0.0202. The lowest BCUT2D eigenvalue weighted by Gasteiger charge is -2.48. The second-order valence-electron chi connectivity index (χ2n) is 7.57. The Morgan fingerprint density at radius 3 is 2.26 bits per heavy atom. The number of carbonyl (C=O) groups is 1. The van der Waals surface area contributed by atoms with E-state index in [9.17, 15) is 4.79 Å². The fraction of sp³-hybridized carbons (Fsp3) is 0.409. The summed E-state index contributed by atoms with van der Waals surface area (Å²) in [6.07, 6.45) is 0. The van der Waals surface area contributed by atoms with Crippen LogP contribution < -0.4 is 10.1 Å². The number of rotatable bonds is 6. The molecule has 0 atom stereocenters. The third-order valence-corrected chi connectivity index (χ3v) is 4.83. The van der Waals surface area contributed by atoms with Crippen molar-refractivity contribution in [1.82, 2.24) is 9.80 Å². The number of ether oxygens (including phenoxy) is 1. The first kappa shape index (κ1) is 19.2. The molecule has 1 heterocycles. The molecule has 0 unspecified atom stereocenters. The van der Waals surface area contributed by atoms with Crippen LogP contribution in [0.5, 0.6) is 11.5 Å². The number of carbonyl (C=O) groups excluding carboxylic acids is 1. The standard InChI is InChI=1S/C22H29N3O2/c1-16(2)25(17(3)4)19-14-24(15-19)22(26)23-18-9-8-12-21(13-18)27-20-10-6-5-7-11-20/h5-13,16-17,19H,14-15H2,1-4H3,(H,23,26). The number of anilines is 1. The van der Waals surface area contributed by atoms with Crippen LogP contribution in [0.3, 0.4) is 0 Å². The first-order chi connectivity index (χ1) is 12.9. The lowest BCUT2D eigenvalue weighted by Crippen LogP contribution is -2.64. The predicted molar refractivity (Wildman–Crippen MR) is 109 cm³/mol. The molecule has 0 aromatic heterocycles. The molecule has 0 spiro atoms. The quantitative estimate of drug-likeness (QED) is 0.796. The Hall–Kier alpha value is -2.53. The molecule has 5 nitrogen and oxygen atoms in total. The number of likely N-dealkylation sites (tertiary alicyclic amines) is 1. The van der Waals surface area contributed by atoms with Crippen LogP contribution in [0, 0.1) is 0 Å². The summed E-state index contributed by atoms with van der Waals surface area (Å²) >= 11 is 0. The third-order valence-electron chi connectivity index (χ3n) is 4.83. The smallest absolute Gasteiger partial charge is 0.321 e. The van der Waals surface area contributed by atoms with E-state index in [-0.39, 0.29) is 6.03 Å². The summed E-state index contributed by atoms with van der Waals surface area (Å²) in [5.41, 5.74) is 0.737. The van der Waals surface area contributed by atoms with Crippen molar-refractivity contribution >= 4 is 11.7 Å². The predicted octanol–water partition coefficient (Wildman–Crippen LogP) is 4.81. The Morgan fingerprint density at radius 2 is 1.63 bits per heavy atom. The number of para-hydroxylation sites is 1. The van der Waals surface area contributed by atoms with Gasteiger partial charge in [0.1, 0.15) is 11.5 Å². The van der Waals surface area contributed by atoms with Gasteiger partial charge in [0, 0.05) is 43.0 Å². The Bertz CT molecular complexity index is 747. The van der Waals surface area contributed by atoms with Gasteiger partial charge in [-0.3, -0.25) is 4.90 Å². The summed E-state index contributed by atoms with van der Waals surface area (Å²) < 4.78 is 5.83. The molecular formula is C22H29N3O2. The topological polar surface area (TPSA) is 44.8 Å². The average molecular weight is 367 g/mol. The van der Waals surface area contributed by atoms with Gasteiger partial charge < -0.3 is 15.0 Å². The summed E-state index contributed by atoms with van der Waals surface area (Å²) in [7, 11) is 0. The van der Waals surface area contributed by atoms with Gasteiger partial charge in [0.25, 0.3) is 0 Å². The summed E-state index contributed by atoms with van der Waals surface area (Å²) in [4.78, 5) is 16.9. The molecule has 2 amide bonds. The molecule has 1 N–H and O–H groups in total. The summed E-state index contributed by atoms with van der Waals surface area (Å²) in [6.45, 7) is 10.4. The van der Waals surface area contributed by atoms with E-state index < -0.39 is 0 Å². The van der Waals surface area contributed by atoms with Gasteiger partial charge in [-0.25, -0.2) is 4.79 Å². The van der Waals surface area contributed by atoms with Gasteiger partial charge in [-0.1, -0.05) is 24.3 Å². The maximum atomic E-state index is 12.5. The lowest BCUT2D eigenvalue weighted by atomic mass is 10.0. The normalized spacial score (nSPS) is 14.6. The second kappa shape index (κ2) is 8.44. The molecule has 0 aliphatic carbocycles. The van der Waals surface area contributed by atoms with E-state index in [0.29, 0.717) is 23.9 Å². The van der Waals surface area contributed by atoms with Crippen molar-refractivity contribution in [2.45, 2.75) is 45.8 Å². The maximum absolute atomic E-state index is 12.5. The minimum absolute atomic E-state index is 0.0597. The van der Waals surface area contributed by atoms with Crippen LogP contribution >= 0.6 is 0 Å². The van der Waals surface area contributed by atoms with Crippen molar-refractivity contribution in [2.24, 2.45) is 0 Å². The van der Waals surface area contributed by atoms with Gasteiger partial charge in [0.05, 0.1) is 0 Å². The number of amides is 2. The Balaban J connectivity index is 1.55. The summed E-state index contributed by atoms with van der Waals surface area (Å²) in [6, 6.07) is 18.4. The average Bonchev–Trinajstić information content (AvgIpc) is 2.58. The van der Waals surface area contributed by atoms with E-state index in [2.05, 4.69) is 37.9 Å². The second-order valence-corrected chi connectivity index (χ2v) is 7.57. The molecule has 144 valence electrons. The fourth-order valence-corrected chi connectivity index (χ4v) is 3.71. The van der Waals surface area contributed by atoms with E-state index in [0.717, 1.165) is 24.5 Å². The van der Waals surface area contributed by atoms with Crippen molar-refractivity contribution in [2.75, 3.05) is 18.4 Å². The highest BCUT2D eigenvalue weighted by molar-refractivity contribution is 5.90. The Morgan fingerprint density at radius 1 is 1.00 bits per heavy atom. The molecule has 1 aliphatic rings. The van der Waals surface area contributed by atoms with E-state index in [1.165, 1.54) is 0 Å². The number of hydrogen-bond acceptors (Lipinski definition) is 3. The molecule has 5 heteroatoms. The molecule has 0 bridgehead atoms.